The smallest absolute Gasteiger partial charge is 0.277 e. The monoisotopic (exact) mass is 422 g/mol. The normalized spacial score (nSPS) is 14.5. The summed E-state index contributed by atoms with van der Waals surface area (Å²) in [7, 11) is 0. The Bertz CT molecular complexity index is 987. The van der Waals surface area contributed by atoms with E-state index in [9.17, 15) is 9.59 Å². The summed E-state index contributed by atoms with van der Waals surface area (Å²) in [6, 6.07) is 10.4. The maximum absolute atomic E-state index is 12.7. The van der Waals surface area contributed by atoms with E-state index in [-0.39, 0.29) is 23.9 Å². The Labute approximate surface area is 178 Å². The van der Waals surface area contributed by atoms with Gasteiger partial charge in [0.1, 0.15) is 5.69 Å². The van der Waals surface area contributed by atoms with E-state index in [0.717, 1.165) is 19.6 Å². The minimum atomic E-state index is -0.370. The first kappa shape index (κ1) is 20.1. The van der Waals surface area contributed by atoms with Crippen molar-refractivity contribution in [3.05, 3.63) is 71.3 Å². The summed E-state index contributed by atoms with van der Waals surface area (Å²) >= 11 is 1.29. The zero-order chi connectivity index (χ0) is 20.8. The quantitative estimate of drug-likeness (QED) is 0.654. The van der Waals surface area contributed by atoms with Crippen LogP contribution < -0.4 is 5.32 Å². The molecule has 1 aliphatic rings. The van der Waals surface area contributed by atoms with Crippen molar-refractivity contribution in [2.75, 3.05) is 31.5 Å². The number of carbonyl (C=O) groups excluding carboxylic acids is 2. The van der Waals surface area contributed by atoms with Crippen molar-refractivity contribution in [1.29, 1.82) is 0 Å². The first-order chi connectivity index (χ1) is 14.7. The predicted octanol–water partition coefficient (Wildman–Crippen LogP) is 2.07. The van der Waals surface area contributed by atoms with Crippen molar-refractivity contribution in [3.63, 3.8) is 0 Å². The molecule has 154 valence electrons. The molecule has 0 spiro atoms. The van der Waals surface area contributed by atoms with E-state index in [4.69, 9.17) is 0 Å². The van der Waals surface area contributed by atoms with Gasteiger partial charge < -0.3 is 4.90 Å². The van der Waals surface area contributed by atoms with Crippen LogP contribution in [0.5, 0.6) is 0 Å². The molecule has 0 saturated carbocycles. The number of aromatic nitrogens is 3. The Balaban J connectivity index is 1.25. The highest BCUT2D eigenvalue weighted by Gasteiger charge is 2.22. The number of nitrogens with zero attached hydrogens (tertiary/aromatic N) is 5. The van der Waals surface area contributed by atoms with Crippen molar-refractivity contribution in [3.8, 4) is 0 Å². The van der Waals surface area contributed by atoms with Gasteiger partial charge in [-0.2, -0.15) is 0 Å². The van der Waals surface area contributed by atoms with E-state index in [1.807, 2.05) is 23.1 Å². The second kappa shape index (κ2) is 9.55. The van der Waals surface area contributed by atoms with Crippen LogP contribution in [0.3, 0.4) is 0 Å². The van der Waals surface area contributed by atoms with Crippen LogP contribution in [0.15, 0.2) is 54.3 Å². The maximum Gasteiger partial charge on any atom is 0.277 e. The molecule has 4 rings (SSSR count). The molecular formula is C21H22N6O2S. The lowest BCUT2D eigenvalue weighted by Gasteiger charge is -2.34. The average molecular weight is 423 g/mol. The lowest BCUT2D eigenvalue weighted by atomic mass is 10.2. The lowest BCUT2D eigenvalue weighted by Crippen LogP contribution is -2.48. The van der Waals surface area contributed by atoms with Gasteiger partial charge >= 0.3 is 0 Å². The molecule has 1 fully saturated rings. The molecule has 30 heavy (non-hydrogen) atoms. The van der Waals surface area contributed by atoms with Gasteiger partial charge in [-0.15, -0.1) is 11.3 Å². The number of thiazole rings is 1. The Morgan fingerprint density at radius 3 is 2.60 bits per heavy atom. The highest BCUT2D eigenvalue weighted by molar-refractivity contribution is 7.14. The van der Waals surface area contributed by atoms with Crippen LogP contribution in [0.25, 0.3) is 0 Å². The fourth-order valence-electron chi connectivity index (χ4n) is 3.29. The number of nitrogens with one attached hydrogen (secondary N) is 1. The molecule has 0 radical (unpaired) electrons. The van der Waals surface area contributed by atoms with Crippen LogP contribution in [0.4, 0.5) is 5.13 Å². The molecule has 3 aromatic rings. The van der Waals surface area contributed by atoms with Gasteiger partial charge in [-0.3, -0.25) is 24.8 Å². The number of rotatable bonds is 6. The molecule has 1 aliphatic heterocycles. The largest absolute Gasteiger partial charge is 0.340 e. The highest BCUT2D eigenvalue weighted by Crippen LogP contribution is 2.17. The zero-order valence-corrected chi connectivity index (χ0v) is 17.2. The van der Waals surface area contributed by atoms with Crippen LogP contribution in [0, 0.1) is 0 Å². The van der Waals surface area contributed by atoms with Gasteiger partial charge in [0, 0.05) is 50.5 Å². The standard InChI is InChI=1S/C21H22N6O2S/c28-19(27-10-8-26(9-11-27)14-16-4-2-1-3-5-16)12-17-15-30-21(24-17)25-20(29)18-13-22-6-7-23-18/h1-7,13,15H,8-12,14H2,(H,24,25,29). The van der Waals surface area contributed by atoms with Crippen LogP contribution >= 0.6 is 11.3 Å². The summed E-state index contributed by atoms with van der Waals surface area (Å²) < 4.78 is 0. The van der Waals surface area contributed by atoms with Gasteiger partial charge in [0.15, 0.2) is 5.13 Å². The molecule has 0 atom stereocenters. The fourth-order valence-corrected chi connectivity index (χ4v) is 3.99. The zero-order valence-electron chi connectivity index (χ0n) is 16.4. The van der Waals surface area contributed by atoms with E-state index in [1.54, 1.807) is 5.38 Å². The van der Waals surface area contributed by atoms with E-state index < -0.39 is 0 Å². The van der Waals surface area contributed by atoms with E-state index in [1.165, 1.54) is 35.5 Å². The first-order valence-corrected chi connectivity index (χ1v) is 10.6. The van der Waals surface area contributed by atoms with Gasteiger partial charge in [-0.1, -0.05) is 30.3 Å². The molecule has 2 aromatic heterocycles. The number of carbonyl (C=O) groups is 2. The number of amides is 2. The highest BCUT2D eigenvalue weighted by atomic mass is 32.1. The summed E-state index contributed by atoms with van der Waals surface area (Å²) in [5, 5.41) is 4.94. The van der Waals surface area contributed by atoms with Crippen LogP contribution in [0.2, 0.25) is 0 Å². The van der Waals surface area contributed by atoms with E-state index in [0.29, 0.717) is 23.9 Å². The SMILES string of the molecule is O=C(Nc1nc(CC(=O)N2CCN(Cc3ccccc3)CC2)cs1)c1cnccn1. The topological polar surface area (TPSA) is 91.3 Å². The minimum Gasteiger partial charge on any atom is -0.340 e. The Kier molecular flexibility index (Phi) is 6.41. The van der Waals surface area contributed by atoms with Crippen molar-refractivity contribution in [1.82, 2.24) is 24.8 Å². The molecule has 0 bridgehead atoms. The Morgan fingerprint density at radius 2 is 1.87 bits per heavy atom. The number of anilines is 1. The van der Waals surface area contributed by atoms with Gasteiger partial charge in [0.05, 0.1) is 18.3 Å². The molecule has 0 aliphatic carbocycles. The van der Waals surface area contributed by atoms with Gasteiger partial charge in [-0.05, 0) is 5.56 Å². The molecular weight excluding hydrogens is 400 g/mol. The molecule has 1 N–H and O–H groups in total. The van der Waals surface area contributed by atoms with Gasteiger partial charge in [0.2, 0.25) is 5.91 Å². The Morgan fingerprint density at radius 1 is 1.07 bits per heavy atom. The molecule has 3 heterocycles. The van der Waals surface area contributed by atoms with Gasteiger partial charge in [0.25, 0.3) is 5.91 Å². The molecule has 8 nitrogen and oxygen atoms in total. The first-order valence-electron chi connectivity index (χ1n) is 9.73. The van der Waals surface area contributed by atoms with Gasteiger partial charge in [-0.25, -0.2) is 9.97 Å². The number of piperazine rings is 1. The van der Waals surface area contributed by atoms with Crippen LogP contribution in [0.1, 0.15) is 21.7 Å². The molecule has 0 unspecified atom stereocenters. The number of hydrogen-bond acceptors (Lipinski definition) is 7. The van der Waals surface area contributed by atoms with Crippen LogP contribution in [-0.4, -0.2) is 62.7 Å². The fraction of sp³-hybridized carbons (Fsp3) is 0.286. The molecule has 2 amide bonds. The van der Waals surface area contributed by atoms with Crippen molar-refractivity contribution < 1.29 is 9.59 Å². The molecule has 1 saturated heterocycles. The average Bonchev–Trinajstić information content (AvgIpc) is 3.22. The van der Waals surface area contributed by atoms with E-state index in [2.05, 4.69) is 37.3 Å². The number of hydrogen-bond donors (Lipinski definition) is 1. The Hall–Kier alpha value is -3.17. The van der Waals surface area contributed by atoms with E-state index >= 15 is 0 Å². The maximum atomic E-state index is 12.7. The lowest BCUT2D eigenvalue weighted by molar-refractivity contribution is -0.132. The van der Waals surface area contributed by atoms with Crippen LogP contribution in [-0.2, 0) is 17.8 Å². The summed E-state index contributed by atoms with van der Waals surface area (Å²) in [4.78, 5) is 41.2. The third-order valence-corrected chi connectivity index (χ3v) is 5.68. The summed E-state index contributed by atoms with van der Waals surface area (Å²) in [6.45, 7) is 4.05. The third-order valence-electron chi connectivity index (χ3n) is 4.87. The van der Waals surface area contributed by atoms with Crippen molar-refractivity contribution in [2.45, 2.75) is 13.0 Å². The summed E-state index contributed by atoms with van der Waals surface area (Å²) in [5.74, 6) is -0.309. The van der Waals surface area contributed by atoms with Crippen molar-refractivity contribution >= 4 is 28.3 Å². The second-order valence-electron chi connectivity index (χ2n) is 7.01. The molecule has 9 heteroatoms. The summed E-state index contributed by atoms with van der Waals surface area (Å²) in [6.07, 6.45) is 4.59. The third kappa shape index (κ3) is 5.25. The van der Waals surface area contributed by atoms with Crippen molar-refractivity contribution in [2.24, 2.45) is 0 Å². The molecule has 1 aromatic carbocycles. The second-order valence-corrected chi connectivity index (χ2v) is 7.87. The predicted molar refractivity (Wildman–Crippen MR) is 114 cm³/mol. The summed E-state index contributed by atoms with van der Waals surface area (Å²) in [5.41, 5.74) is 2.17. The number of benzene rings is 1. The minimum absolute atomic E-state index is 0.0615.